The fraction of sp³-hybridized carbons (Fsp3) is 0.444. The predicted molar refractivity (Wildman–Crippen MR) is 108 cm³/mol. The number of benzene rings is 1. The van der Waals surface area contributed by atoms with E-state index in [2.05, 4.69) is 44.9 Å². The molecule has 1 aliphatic rings. The van der Waals surface area contributed by atoms with Crippen molar-refractivity contribution in [1.29, 1.82) is 0 Å². The van der Waals surface area contributed by atoms with Crippen molar-refractivity contribution < 1.29 is 4.79 Å². The molecule has 2 aromatic rings. The molecule has 1 fully saturated rings. The minimum atomic E-state index is -0.359. The molecule has 0 saturated carbocycles. The topological polar surface area (TPSA) is 62.2 Å². The van der Waals surface area contributed by atoms with Gasteiger partial charge in [0.1, 0.15) is 6.04 Å². The highest BCUT2D eigenvalue weighted by Crippen LogP contribution is 2.16. The Labute approximate surface area is 167 Å². The number of aryl methyl sites for hydroxylation is 1. The van der Waals surface area contributed by atoms with Crippen molar-refractivity contribution in [3.8, 4) is 0 Å². The van der Waals surface area contributed by atoms with Gasteiger partial charge in [-0.1, -0.05) is 30.3 Å². The van der Waals surface area contributed by atoms with E-state index in [0.717, 1.165) is 31.6 Å². The summed E-state index contributed by atoms with van der Waals surface area (Å²) in [4.78, 5) is 15.0. The van der Waals surface area contributed by atoms with Gasteiger partial charge in [-0.2, -0.15) is 5.10 Å². The summed E-state index contributed by atoms with van der Waals surface area (Å²) < 4.78 is 1.71. The number of nitrogens with zero attached hydrogens (tertiary/aromatic N) is 3. The van der Waals surface area contributed by atoms with Crippen molar-refractivity contribution in [2.24, 2.45) is 7.05 Å². The Morgan fingerprint density at radius 1 is 1.31 bits per heavy atom. The largest absolute Gasteiger partial charge is 0.350 e. The summed E-state index contributed by atoms with van der Waals surface area (Å²) in [6, 6.07) is 10.3. The predicted octanol–water partition coefficient (Wildman–Crippen LogP) is 1.91. The quantitative estimate of drug-likeness (QED) is 0.778. The van der Waals surface area contributed by atoms with Crippen molar-refractivity contribution in [3.63, 3.8) is 0 Å². The van der Waals surface area contributed by atoms with Crippen LogP contribution in [0, 0.1) is 0 Å². The second-order valence-electron chi connectivity index (χ2n) is 6.38. The van der Waals surface area contributed by atoms with Crippen LogP contribution in [-0.2, 0) is 18.4 Å². The third-order valence-electron chi connectivity index (χ3n) is 4.48. The number of likely N-dealkylation sites (N-methyl/N-ethyl adjacent to an activating group) is 1. The fourth-order valence-corrected chi connectivity index (χ4v) is 3.26. The van der Waals surface area contributed by atoms with E-state index < -0.39 is 0 Å². The molecule has 2 heterocycles. The molecule has 3 rings (SSSR count). The number of rotatable bonds is 6. The molecular formula is C18H27Cl2N5O. The summed E-state index contributed by atoms with van der Waals surface area (Å²) in [7, 11) is 3.65. The van der Waals surface area contributed by atoms with Gasteiger partial charge in [0.25, 0.3) is 0 Å². The number of likely N-dealkylation sites (tertiary alicyclic amines) is 1. The average molecular weight is 400 g/mol. The van der Waals surface area contributed by atoms with Crippen LogP contribution < -0.4 is 10.6 Å². The zero-order valence-electron chi connectivity index (χ0n) is 15.1. The van der Waals surface area contributed by atoms with Crippen LogP contribution in [0.4, 0.5) is 0 Å². The number of aromatic nitrogens is 2. The van der Waals surface area contributed by atoms with Gasteiger partial charge in [-0.3, -0.25) is 14.4 Å². The van der Waals surface area contributed by atoms with Gasteiger partial charge >= 0.3 is 0 Å². The van der Waals surface area contributed by atoms with Crippen LogP contribution in [0.25, 0.3) is 0 Å². The maximum Gasteiger partial charge on any atom is 0.242 e. The number of hydrogen-bond acceptors (Lipinski definition) is 4. The fourth-order valence-electron chi connectivity index (χ4n) is 3.26. The molecule has 6 nitrogen and oxygen atoms in total. The van der Waals surface area contributed by atoms with Crippen LogP contribution in [-0.4, -0.2) is 46.8 Å². The third kappa shape index (κ3) is 5.71. The maximum atomic E-state index is 12.6. The van der Waals surface area contributed by atoms with E-state index in [1.54, 1.807) is 17.9 Å². The Hall–Kier alpha value is -1.60. The van der Waals surface area contributed by atoms with Gasteiger partial charge in [0.15, 0.2) is 0 Å². The average Bonchev–Trinajstić information content (AvgIpc) is 3.18. The number of hydrogen-bond donors (Lipinski definition) is 2. The van der Waals surface area contributed by atoms with E-state index in [1.165, 1.54) is 5.56 Å². The van der Waals surface area contributed by atoms with Gasteiger partial charge in [-0.25, -0.2) is 0 Å². The SMILES string of the molecule is CNC(C(=O)NC1CCN(Cc2ccccc2)C1)c1cnn(C)c1.Cl.Cl. The van der Waals surface area contributed by atoms with E-state index in [4.69, 9.17) is 0 Å². The Morgan fingerprint density at radius 2 is 2.04 bits per heavy atom. The van der Waals surface area contributed by atoms with Gasteiger partial charge in [0.2, 0.25) is 5.91 Å². The molecule has 0 spiro atoms. The lowest BCUT2D eigenvalue weighted by atomic mass is 10.1. The molecule has 8 heteroatoms. The van der Waals surface area contributed by atoms with Gasteiger partial charge < -0.3 is 10.6 Å². The molecular weight excluding hydrogens is 373 g/mol. The molecule has 26 heavy (non-hydrogen) atoms. The minimum Gasteiger partial charge on any atom is -0.350 e. The van der Waals surface area contributed by atoms with Crippen LogP contribution in [0.15, 0.2) is 42.7 Å². The second-order valence-corrected chi connectivity index (χ2v) is 6.38. The summed E-state index contributed by atoms with van der Waals surface area (Å²) in [6.45, 7) is 2.84. The number of amides is 1. The molecule has 2 atom stereocenters. The summed E-state index contributed by atoms with van der Waals surface area (Å²) in [5, 5.41) is 10.4. The lowest BCUT2D eigenvalue weighted by molar-refractivity contribution is -0.123. The number of halogens is 2. The number of carbonyl (C=O) groups is 1. The molecule has 1 aromatic carbocycles. The second kappa shape index (κ2) is 10.5. The smallest absolute Gasteiger partial charge is 0.242 e. The van der Waals surface area contributed by atoms with E-state index in [9.17, 15) is 4.79 Å². The van der Waals surface area contributed by atoms with Crippen LogP contribution in [0.3, 0.4) is 0 Å². The summed E-state index contributed by atoms with van der Waals surface area (Å²) in [6.07, 6.45) is 4.59. The summed E-state index contributed by atoms with van der Waals surface area (Å²) >= 11 is 0. The number of nitrogens with one attached hydrogen (secondary N) is 2. The highest BCUT2D eigenvalue weighted by Gasteiger charge is 2.27. The Morgan fingerprint density at radius 3 is 2.65 bits per heavy atom. The zero-order chi connectivity index (χ0) is 16.9. The molecule has 0 bridgehead atoms. The van der Waals surface area contributed by atoms with E-state index >= 15 is 0 Å². The standard InChI is InChI=1S/C18H25N5O.2ClH/c1-19-17(15-10-20-22(2)12-15)18(24)21-16-8-9-23(13-16)11-14-6-4-3-5-7-14;;/h3-7,10,12,16-17,19H,8-9,11,13H2,1-2H3,(H,21,24);2*1H. The first-order valence-corrected chi connectivity index (χ1v) is 8.38. The van der Waals surface area contributed by atoms with E-state index in [1.807, 2.05) is 19.3 Å². The van der Waals surface area contributed by atoms with Gasteiger partial charge in [-0.05, 0) is 19.0 Å². The van der Waals surface area contributed by atoms with Crippen molar-refractivity contribution in [2.45, 2.75) is 25.0 Å². The lowest BCUT2D eigenvalue weighted by Crippen LogP contribution is -2.43. The Kier molecular flexibility index (Phi) is 9.08. The lowest BCUT2D eigenvalue weighted by Gasteiger charge is -2.19. The normalized spacial score (nSPS) is 17.8. The van der Waals surface area contributed by atoms with Crippen LogP contribution in [0.2, 0.25) is 0 Å². The molecule has 0 radical (unpaired) electrons. The van der Waals surface area contributed by atoms with Crippen molar-refractivity contribution in [2.75, 3.05) is 20.1 Å². The van der Waals surface area contributed by atoms with Crippen molar-refractivity contribution >= 4 is 30.7 Å². The monoisotopic (exact) mass is 399 g/mol. The molecule has 144 valence electrons. The van der Waals surface area contributed by atoms with Crippen molar-refractivity contribution in [1.82, 2.24) is 25.3 Å². The highest BCUT2D eigenvalue weighted by molar-refractivity contribution is 5.85. The molecule has 0 aliphatic carbocycles. The van der Waals surface area contributed by atoms with Gasteiger partial charge in [0, 0.05) is 44.5 Å². The van der Waals surface area contributed by atoms with Crippen LogP contribution in [0.1, 0.15) is 23.6 Å². The van der Waals surface area contributed by atoms with Crippen molar-refractivity contribution in [3.05, 3.63) is 53.9 Å². The molecule has 1 aliphatic heterocycles. The molecule has 2 N–H and O–H groups in total. The Bertz CT molecular complexity index is 679. The first-order chi connectivity index (χ1) is 11.7. The summed E-state index contributed by atoms with van der Waals surface area (Å²) in [5.41, 5.74) is 2.20. The van der Waals surface area contributed by atoms with Gasteiger partial charge in [0.05, 0.1) is 6.20 Å². The molecule has 1 aromatic heterocycles. The highest BCUT2D eigenvalue weighted by atomic mass is 35.5. The first-order valence-electron chi connectivity index (χ1n) is 8.38. The molecule has 2 unspecified atom stereocenters. The van der Waals surface area contributed by atoms with Crippen LogP contribution >= 0.6 is 24.8 Å². The van der Waals surface area contributed by atoms with E-state index in [-0.39, 0.29) is 42.8 Å². The summed E-state index contributed by atoms with van der Waals surface area (Å²) in [5.74, 6) is 0.0112. The minimum absolute atomic E-state index is 0. The van der Waals surface area contributed by atoms with E-state index in [0.29, 0.717) is 0 Å². The van der Waals surface area contributed by atoms with Gasteiger partial charge in [-0.15, -0.1) is 24.8 Å². The Balaban J connectivity index is 0.00000169. The molecule has 1 amide bonds. The zero-order valence-corrected chi connectivity index (χ0v) is 16.7. The molecule has 1 saturated heterocycles. The number of carbonyl (C=O) groups excluding carboxylic acids is 1. The van der Waals surface area contributed by atoms with Crippen LogP contribution in [0.5, 0.6) is 0 Å². The first kappa shape index (κ1) is 22.4. The third-order valence-corrected chi connectivity index (χ3v) is 4.48. The maximum absolute atomic E-state index is 12.6.